The van der Waals surface area contributed by atoms with E-state index in [4.69, 9.17) is 11.6 Å². The van der Waals surface area contributed by atoms with Gasteiger partial charge in [0.15, 0.2) is 0 Å². The summed E-state index contributed by atoms with van der Waals surface area (Å²) in [6.45, 7) is 0. The Morgan fingerprint density at radius 2 is 1.87 bits per heavy atom. The number of halogens is 1. The van der Waals surface area contributed by atoms with Crippen LogP contribution < -0.4 is 5.32 Å². The van der Waals surface area contributed by atoms with Gasteiger partial charge >= 0.3 is 0 Å². The zero-order valence-electron chi connectivity index (χ0n) is 11.9. The quantitative estimate of drug-likeness (QED) is 0.535. The number of nitrogens with one attached hydrogen (secondary N) is 1. The molecule has 0 fully saturated rings. The lowest BCUT2D eigenvalue weighted by atomic mass is 10.0. The predicted molar refractivity (Wildman–Crippen MR) is 96.5 cm³/mol. The Morgan fingerprint density at radius 3 is 2.78 bits per heavy atom. The van der Waals surface area contributed by atoms with Gasteiger partial charge < -0.3 is 5.32 Å². The van der Waals surface area contributed by atoms with Crippen molar-refractivity contribution in [3.63, 3.8) is 0 Å². The Balaban J connectivity index is 1.77. The molecule has 0 aliphatic rings. The molecule has 0 saturated carbocycles. The fraction of sp³-hybridized carbons (Fsp3) is 0. The van der Waals surface area contributed by atoms with E-state index in [0.29, 0.717) is 16.1 Å². The number of anilines is 1. The Labute approximate surface area is 141 Å². The van der Waals surface area contributed by atoms with Gasteiger partial charge in [-0.05, 0) is 29.0 Å². The molecule has 0 radical (unpaired) electrons. The SMILES string of the molecule is O=C(Nc1ccc(Cl)c2ncsc12)c1cccc2ccccc12. The molecule has 0 saturated heterocycles. The number of amides is 1. The number of fused-ring (bicyclic) bond motifs is 2. The summed E-state index contributed by atoms with van der Waals surface area (Å²) in [6.07, 6.45) is 0. The maximum atomic E-state index is 12.7. The molecule has 0 spiro atoms. The van der Waals surface area contributed by atoms with Gasteiger partial charge in [-0.1, -0.05) is 48.0 Å². The number of thiazole rings is 1. The predicted octanol–water partition coefficient (Wildman–Crippen LogP) is 5.36. The third-order valence-corrected chi connectivity index (χ3v) is 4.88. The second-order valence-corrected chi connectivity index (χ2v) is 6.37. The first-order valence-electron chi connectivity index (χ1n) is 7.05. The van der Waals surface area contributed by atoms with Crippen LogP contribution in [0.3, 0.4) is 0 Å². The van der Waals surface area contributed by atoms with Crippen LogP contribution >= 0.6 is 22.9 Å². The number of rotatable bonds is 2. The second-order valence-electron chi connectivity index (χ2n) is 5.11. The van der Waals surface area contributed by atoms with E-state index in [-0.39, 0.29) is 5.91 Å². The van der Waals surface area contributed by atoms with E-state index in [1.165, 1.54) is 11.3 Å². The molecule has 3 aromatic carbocycles. The summed E-state index contributed by atoms with van der Waals surface area (Å²) in [7, 11) is 0. The fourth-order valence-corrected chi connectivity index (χ4v) is 3.68. The van der Waals surface area contributed by atoms with E-state index in [9.17, 15) is 4.79 Å². The molecule has 4 rings (SSSR count). The molecule has 1 heterocycles. The molecular weight excluding hydrogens is 328 g/mol. The van der Waals surface area contributed by atoms with Crippen LogP contribution in [0.5, 0.6) is 0 Å². The third kappa shape index (κ3) is 2.46. The van der Waals surface area contributed by atoms with Crippen molar-refractivity contribution in [3.05, 3.63) is 70.7 Å². The highest BCUT2D eigenvalue weighted by atomic mass is 35.5. The van der Waals surface area contributed by atoms with Crippen LogP contribution in [0.4, 0.5) is 5.69 Å². The molecule has 23 heavy (non-hydrogen) atoms. The van der Waals surface area contributed by atoms with Crippen molar-refractivity contribution in [1.29, 1.82) is 0 Å². The normalized spacial score (nSPS) is 11.0. The average molecular weight is 339 g/mol. The molecule has 0 bridgehead atoms. The maximum absolute atomic E-state index is 12.7. The third-order valence-electron chi connectivity index (χ3n) is 3.72. The Morgan fingerprint density at radius 1 is 1.04 bits per heavy atom. The van der Waals surface area contributed by atoms with Gasteiger partial charge in [-0.2, -0.15) is 0 Å². The van der Waals surface area contributed by atoms with Gasteiger partial charge in [0.25, 0.3) is 5.91 Å². The molecule has 1 N–H and O–H groups in total. The summed E-state index contributed by atoms with van der Waals surface area (Å²) in [6, 6.07) is 17.1. The molecular formula is C18H11ClN2OS. The highest BCUT2D eigenvalue weighted by molar-refractivity contribution is 7.17. The van der Waals surface area contributed by atoms with Crippen molar-refractivity contribution < 1.29 is 4.79 Å². The summed E-state index contributed by atoms with van der Waals surface area (Å²) in [5.74, 6) is -0.140. The van der Waals surface area contributed by atoms with E-state index in [1.54, 1.807) is 11.6 Å². The zero-order chi connectivity index (χ0) is 15.8. The van der Waals surface area contributed by atoms with Crippen molar-refractivity contribution in [2.45, 2.75) is 0 Å². The van der Waals surface area contributed by atoms with Gasteiger partial charge in [-0.25, -0.2) is 4.98 Å². The molecule has 1 amide bonds. The fourth-order valence-electron chi connectivity index (χ4n) is 2.63. The lowest BCUT2D eigenvalue weighted by Crippen LogP contribution is -2.12. The van der Waals surface area contributed by atoms with Crippen LogP contribution in [0.15, 0.2) is 60.1 Å². The van der Waals surface area contributed by atoms with Crippen molar-refractivity contribution in [1.82, 2.24) is 4.98 Å². The van der Waals surface area contributed by atoms with Crippen LogP contribution in [0.25, 0.3) is 21.0 Å². The van der Waals surface area contributed by atoms with E-state index in [1.807, 2.05) is 48.5 Å². The largest absolute Gasteiger partial charge is 0.321 e. The average Bonchev–Trinajstić information content (AvgIpc) is 3.07. The van der Waals surface area contributed by atoms with Gasteiger partial charge in [0.2, 0.25) is 0 Å². The summed E-state index contributed by atoms with van der Waals surface area (Å²) in [4.78, 5) is 17.0. The molecule has 0 unspecified atom stereocenters. The molecule has 1 aromatic heterocycles. The first-order chi connectivity index (χ1) is 11.2. The monoisotopic (exact) mass is 338 g/mol. The Bertz CT molecular complexity index is 1040. The topological polar surface area (TPSA) is 42.0 Å². The van der Waals surface area contributed by atoms with E-state index >= 15 is 0 Å². The summed E-state index contributed by atoms with van der Waals surface area (Å²) < 4.78 is 0.881. The number of nitrogens with zero attached hydrogens (tertiary/aromatic N) is 1. The van der Waals surface area contributed by atoms with E-state index < -0.39 is 0 Å². The highest BCUT2D eigenvalue weighted by Gasteiger charge is 2.13. The maximum Gasteiger partial charge on any atom is 0.256 e. The minimum Gasteiger partial charge on any atom is -0.321 e. The number of hydrogen-bond acceptors (Lipinski definition) is 3. The van der Waals surface area contributed by atoms with Crippen molar-refractivity contribution in [2.24, 2.45) is 0 Å². The lowest BCUT2D eigenvalue weighted by molar-refractivity contribution is 0.102. The van der Waals surface area contributed by atoms with Gasteiger partial charge in [-0.15, -0.1) is 11.3 Å². The lowest BCUT2D eigenvalue weighted by Gasteiger charge is -2.09. The Kier molecular flexibility index (Phi) is 3.48. The highest BCUT2D eigenvalue weighted by Crippen LogP contribution is 2.32. The van der Waals surface area contributed by atoms with Crippen molar-refractivity contribution in [2.75, 3.05) is 5.32 Å². The van der Waals surface area contributed by atoms with Crippen molar-refractivity contribution in [3.8, 4) is 0 Å². The van der Waals surface area contributed by atoms with E-state index in [2.05, 4.69) is 10.3 Å². The van der Waals surface area contributed by atoms with Crippen LogP contribution in [-0.2, 0) is 0 Å². The summed E-state index contributed by atoms with van der Waals surface area (Å²) in [5.41, 5.74) is 3.82. The van der Waals surface area contributed by atoms with Gasteiger partial charge in [0.05, 0.1) is 20.9 Å². The smallest absolute Gasteiger partial charge is 0.256 e. The first-order valence-corrected chi connectivity index (χ1v) is 8.30. The Hall–Kier alpha value is -2.43. The molecule has 0 atom stereocenters. The number of carbonyl (C=O) groups excluding carboxylic acids is 1. The summed E-state index contributed by atoms with van der Waals surface area (Å²) in [5, 5.41) is 5.54. The van der Waals surface area contributed by atoms with Crippen LogP contribution in [0, 0.1) is 0 Å². The van der Waals surface area contributed by atoms with Gasteiger partial charge in [0.1, 0.15) is 5.52 Å². The van der Waals surface area contributed by atoms with Crippen LogP contribution in [-0.4, -0.2) is 10.9 Å². The minimum atomic E-state index is -0.140. The zero-order valence-corrected chi connectivity index (χ0v) is 13.5. The molecule has 0 aliphatic heterocycles. The minimum absolute atomic E-state index is 0.140. The van der Waals surface area contributed by atoms with Crippen LogP contribution in [0.2, 0.25) is 5.02 Å². The van der Waals surface area contributed by atoms with Crippen molar-refractivity contribution >= 4 is 55.5 Å². The van der Waals surface area contributed by atoms with Gasteiger partial charge in [-0.3, -0.25) is 4.79 Å². The number of hydrogen-bond donors (Lipinski definition) is 1. The number of carbonyl (C=O) groups is 1. The standard InChI is InChI=1S/C18H11ClN2OS/c19-14-8-9-15(17-16(14)20-10-23-17)21-18(22)13-7-3-5-11-4-1-2-6-12(11)13/h1-10H,(H,21,22). The summed E-state index contributed by atoms with van der Waals surface area (Å²) >= 11 is 7.59. The molecule has 3 nitrogen and oxygen atoms in total. The number of benzene rings is 3. The molecule has 5 heteroatoms. The second kappa shape index (κ2) is 5.65. The molecule has 0 aliphatic carbocycles. The van der Waals surface area contributed by atoms with Gasteiger partial charge in [0, 0.05) is 5.56 Å². The van der Waals surface area contributed by atoms with E-state index in [0.717, 1.165) is 21.2 Å². The van der Waals surface area contributed by atoms with Crippen LogP contribution in [0.1, 0.15) is 10.4 Å². The number of aromatic nitrogens is 1. The molecule has 4 aromatic rings. The molecule has 112 valence electrons. The first kappa shape index (κ1) is 14.2.